The molecule has 5 N–H and O–H groups in total. The molecule has 0 aromatic rings. The molecule has 0 bridgehead atoms. The van der Waals surface area contributed by atoms with Crippen LogP contribution in [0.5, 0.6) is 0 Å². The van der Waals surface area contributed by atoms with Crippen molar-refractivity contribution in [2.45, 2.75) is 173 Å². The Morgan fingerprint density at radius 1 is 0.618 bits per heavy atom. The molecule has 0 aliphatic rings. The number of nitrogens with two attached hydrogens (primary N) is 1. The van der Waals surface area contributed by atoms with Gasteiger partial charge in [0.25, 0.3) is 0 Å². The number of phosphoric ester groups is 1. The van der Waals surface area contributed by atoms with Crippen LogP contribution in [-0.2, 0) is 32.7 Å². The van der Waals surface area contributed by atoms with Gasteiger partial charge in [0.05, 0.1) is 25.4 Å². The summed E-state index contributed by atoms with van der Waals surface area (Å²) in [7, 11) is -4.45. The molecule has 0 aromatic carbocycles. The normalized spacial score (nSPS) is 15.1. The van der Waals surface area contributed by atoms with Gasteiger partial charge >= 0.3 is 19.8 Å². The number of unbranched alkanes of at least 4 members (excludes halogenated alkanes) is 11. The zero-order valence-electron chi connectivity index (χ0n) is 34.1. The Labute approximate surface area is 333 Å². The maximum Gasteiger partial charge on any atom is 0.472 e. The Hall–Kier alpha value is -2.37. The van der Waals surface area contributed by atoms with E-state index in [1.54, 1.807) is 0 Å². The number of hydrogen-bond donors (Lipinski definition) is 4. The van der Waals surface area contributed by atoms with Crippen LogP contribution in [0.2, 0.25) is 0 Å². The van der Waals surface area contributed by atoms with Gasteiger partial charge in [-0.05, 0) is 83.5 Å². The second-order valence-electron chi connectivity index (χ2n) is 13.8. The summed E-state index contributed by atoms with van der Waals surface area (Å²) in [6.07, 6.45) is 37.1. The Balaban J connectivity index is 4.46. The Kier molecular flexibility index (Phi) is 36.8. The standard InChI is InChI=1S/C43H76NO10P/c1-3-5-7-9-11-13-15-17-18-19-21-23-25-27-29-33-43(48)54-39(38-53-55(49,50)52-36-35-44)37-51-42(47)34-30-32-41(46)40(45)31-28-26-24-22-20-16-14-12-10-8-6-4-2/h11-14,17-18,20,22,26,28,39-41,45-46H,3-10,15-16,19,21,23-25,27,29-38,44H2,1-2H3,(H,49,50)/b13-11-,14-12-,18-17-,22-20-,28-26-/t39-,40?,41?/m1/s1. The lowest BCUT2D eigenvalue weighted by Crippen LogP contribution is -2.30. The van der Waals surface area contributed by atoms with Crippen LogP contribution in [0.25, 0.3) is 0 Å². The number of carbonyl (C=O) groups is 2. The second kappa shape index (κ2) is 38.5. The molecule has 0 rings (SSSR count). The van der Waals surface area contributed by atoms with Crippen molar-refractivity contribution in [3.05, 3.63) is 60.8 Å². The van der Waals surface area contributed by atoms with Gasteiger partial charge in [0.1, 0.15) is 6.61 Å². The zero-order chi connectivity index (χ0) is 40.7. The molecule has 3 unspecified atom stereocenters. The number of esters is 2. The highest BCUT2D eigenvalue weighted by Gasteiger charge is 2.26. The molecule has 0 fully saturated rings. The lowest BCUT2D eigenvalue weighted by atomic mass is 10.0. The highest BCUT2D eigenvalue weighted by molar-refractivity contribution is 7.47. The van der Waals surface area contributed by atoms with E-state index in [-0.39, 0.29) is 45.4 Å². The van der Waals surface area contributed by atoms with Crippen molar-refractivity contribution in [3.8, 4) is 0 Å². The van der Waals surface area contributed by atoms with Gasteiger partial charge in [0.2, 0.25) is 0 Å². The summed E-state index contributed by atoms with van der Waals surface area (Å²) < 4.78 is 32.5. The third-order valence-electron chi connectivity index (χ3n) is 8.58. The van der Waals surface area contributed by atoms with Crippen molar-refractivity contribution >= 4 is 19.8 Å². The van der Waals surface area contributed by atoms with Gasteiger partial charge in [-0.3, -0.25) is 18.6 Å². The maximum absolute atomic E-state index is 12.6. The molecule has 0 saturated carbocycles. The third kappa shape index (κ3) is 37.0. The van der Waals surface area contributed by atoms with Crippen LogP contribution >= 0.6 is 7.82 Å². The van der Waals surface area contributed by atoms with Crippen LogP contribution in [0.1, 0.15) is 155 Å². The van der Waals surface area contributed by atoms with E-state index in [1.165, 1.54) is 38.5 Å². The molecule has 0 aliphatic heterocycles. The first kappa shape index (κ1) is 52.6. The molecule has 4 atom stereocenters. The maximum atomic E-state index is 12.6. The average Bonchev–Trinajstić information content (AvgIpc) is 3.16. The summed E-state index contributed by atoms with van der Waals surface area (Å²) in [6.45, 7) is 3.30. The summed E-state index contributed by atoms with van der Waals surface area (Å²) >= 11 is 0. The number of ether oxygens (including phenoxy) is 2. The first-order valence-corrected chi connectivity index (χ1v) is 22.4. The largest absolute Gasteiger partial charge is 0.472 e. The van der Waals surface area contributed by atoms with Crippen molar-refractivity contribution in [1.82, 2.24) is 0 Å². The highest BCUT2D eigenvalue weighted by Crippen LogP contribution is 2.43. The molecule has 11 nitrogen and oxygen atoms in total. The molecule has 318 valence electrons. The van der Waals surface area contributed by atoms with Crippen molar-refractivity contribution < 1.29 is 47.8 Å². The molecule has 0 saturated heterocycles. The zero-order valence-corrected chi connectivity index (χ0v) is 35.0. The van der Waals surface area contributed by atoms with Crippen LogP contribution < -0.4 is 5.73 Å². The summed E-state index contributed by atoms with van der Waals surface area (Å²) in [5.41, 5.74) is 5.32. The van der Waals surface area contributed by atoms with Crippen molar-refractivity contribution in [3.63, 3.8) is 0 Å². The van der Waals surface area contributed by atoms with Crippen molar-refractivity contribution in [1.29, 1.82) is 0 Å². The van der Waals surface area contributed by atoms with Gasteiger partial charge < -0.3 is 30.3 Å². The number of aliphatic hydroxyl groups excluding tert-OH is 2. The van der Waals surface area contributed by atoms with Crippen LogP contribution in [0, 0.1) is 0 Å². The molecular formula is C43H76NO10P. The number of carbonyl (C=O) groups excluding carboxylic acids is 2. The minimum absolute atomic E-state index is 0.00901. The number of allylic oxidation sites excluding steroid dienone is 9. The molecule has 0 radical (unpaired) electrons. The molecule has 0 spiro atoms. The fourth-order valence-electron chi connectivity index (χ4n) is 5.30. The lowest BCUT2D eigenvalue weighted by Gasteiger charge is -2.20. The van der Waals surface area contributed by atoms with E-state index < -0.39 is 44.7 Å². The SMILES string of the molecule is CCCCC/C=C\C/C=C\C/C=C\CC(O)C(O)CCCC(=O)OC[C@H](COP(=O)(O)OCCN)OC(=O)CCCCCCC/C=C\C/C=C\CCCCC. The minimum Gasteiger partial charge on any atom is -0.462 e. The lowest BCUT2D eigenvalue weighted by molar-refractivity contribution is -0.161. The Bertz CT molecular complexity index is 1120. The molecule has 12 heteroatoms. The fourth-order valence-corrected chi connectivity index (χ4v) is 6.06. The van der Waals surface area contributed by atoms with E-state index in [1.807, 2.05) is 12.2 Å². The number of hydrogen-bond acceptors (Lipinski definition) is 10. The summed E-state index contributed by atoms with van der Waals surface area (Å²) in [5, 5.41) is 20.6. The van der Waals surface area contributed by atoms with Gasteiger partial charge in [-0.25, -0.2) is 4.57 Å². The minimum atomic E-state index is -4.45. The van der Waals surface area contributed by atoms with Gasteiger partial charge in [0, 0.05) is 19.4 Å². The van der Waals surface area contributed by atoms with Crippen LogP contribution in [0.4, 0.5) is 0 Å². The highest BCUT2D eigenvalue weighted by atomic mass is 31.2. The Morgan fingerprint density at radius 2 is 1.13 bits per heavy atom. The summed E-state index contributed by atoms with van der Waals surface area (Å²) in [6, 6.07) is 0. The quantitative estimate of drug-likeness (QED) is 0.0203. The smallest absolute Gasteiger partial charge is 0.462 e. The van der Waals surface area contributed by atoms with Gasteiger partial charge in [-0.1, -0.05) is 120 Å². The van der Waals surface area contributed by atoms with Crippen LogP contribution in [0.3, 0.4) is 0 Å². The molecular weight excluding hydrogens is 721 g/mol. The summed E-state index contributed by atoms with van der Waals surface area (Å²) in [4.78, 5) is 34.9. The molecule has 0 aromatic heterocycles. The van der Waals surface area contributed by atoms with E-state index in [0.717, 1.165) is 64.2 Å². The molecule has 0 aliphatic carbocycles. The van der Waals surface area contributed by atoms with E-state index in [9.17, 15) is 29.3 Å². The second-order valence-corrected chi connectivity index (χ2v) is 15.3. The van der Waals surface area contributed by atoms with E-state index >= 15 is 0 Å². The Morgan fingerprint density at radius 3 is 1.71 bits per heavy atom. The van der Waals surface area contributed by atoms with Crippen LogP contribution in [0.15, 0.2) is 60.8 Å². The molecule has 55 heavy (non-hydrogen) atoms. The fraction of sp³-hybridized carbons (Fsp3) is 0.721. The average molecular weight is 798 g/mol. The molecule has 0 heterocycles. The van der Waals surface area contributed by atoms with Crippen molar-refractivity contribution in [2.75, 3.05) is 26.4 Å². The van der Waals surface area contributed by atoms with E-state index in [2.05, 4.69) is 62.5 Å². The molecule has 0 amide bonds. The predicted molar refractivity (Wildman–Crippen MR) is 222 cm³/mol. The number of aliphatic hydroxyl groups is 2. The number of rotatable bonds is 38. The van der Waals surface area contributed by atoms with E-state index in [4.69, 9.17) is 24.3 Å². The third-order valence-corrected chi connectivity index (χ3v) is 9.56. The van der Waals surface area contributed by atoms with Gasteiger partial charge in [-0.15, -0.1) is 0 Å². The monoisotopic (exact) mass is 798 g/mol. The predicted octanol–water partition coefficient (Wildman–Crippen LogP) is 9.66. The number of phosphoric acid groups is 1. The summed E-state index contributed by atoms with van der Waals surface area (Å²) in [5.74, 6) is -1.14. The van der Waals surface area contributed by atoms with Gasteiger partial charge in [-0.2, -0.15) is 0 Å². The first-order valence-electron chi connectivity index (χ1n) is 20.9. The van der Waals surface area contributed by atoms with Crippen molar-refractivity contribution in [2.24, 2.45) is 5.73 Å². The topological polar surface area (TPSA) is 175 Å². The first-order chi connectivity index (χ1) is 26.6. The van der Waals surface area contributed by atoms with Gasteiger partial charge in [0.15, 0.2) is 6.10 Å². The van der Waals surface area contributed by atoms with Crippen LogP contribution in [-0.4, -0.2) is 71.7 Å². The van der Waals surface area contributed by atoms with E-state index in [0.29, 0.717) is 12.8 Å².